The minimum absolute atomic E-state index is 0.0561. The number of anilines is 2. The van der Waals surface area contributed by atoms with E-state index in [1.54, 1.807) is 24.3 Å². The van der Waals surface area contributed by atoms with Gasteiger partial charge in [0.1, 0.15) is 23.5 Å². The summed E-state index contributed by atoms with van der Waals surface area (Å²) in [4.78, 5) is 25.5. The van der Waals surface area contributed by atoms with E-state index < -0.39 is 17.8 Å². The van der Waals surface area contributed by atoms with Crippen molar-refractivity contribution in [1.29, 1.82) is 0 Å². The van der Waals surface area contributed by atoms with Crippen LogP contribution in [0.1, 0.15) is 117 Å². The van der Waals surface area contributed by atoms with Crippen LogP contribution in [0.25, 0.3) is 0 Å². The molecule has 4 atom stereocenters. The van der Waals surface area contributed by atoms with Gasteiger partial charge in [-0.2, -0.15) is 10.2 Å². The van der Waals surface area contributed by atoms with Gasteiger partial charge in [-0.15, -0.1) is 0 Å². The van der Waals surface area contributed by atoms with Crippen molar-refractivity contribution < 1.29 is 33.7 Å². The van der Waals surface area contributed by atoms with Crippen LogP contribution < -0.4 is 21.1 Å². The number of aliphatic carboxylic acids is 1. The fraction of sp³-hybridized carbons (Fsp3) is 0.481. The molecule has 6 rings (SSSR count). The van der Waals surface area contributed by atoms with Crippen molar-refractivity contribution in [3.05, 3.63) is 132 Å². The Morgan fingerprint density at radius 1 is 0.627 bits per heavy atom. The van der Waals surface area contributed by atoms with Gasteiger partial charge in [-0.25, -0.2) is 8.78 Å². The van der Waals surface area contributed by atoms with Crippen molar-refractivity contribution in [1.82, 2.24) is 5.32 Å². The molecule has 1 amide bonds. The van der Waals surface area contributed by atoms with Gasteiger partial charge in [-0.1, -0.05) is 128 Å². The summed E-state index contributed by atoms with van der Waals surface area (Å²) in [5.41, 5.74) is 9.59. The first-order valence-electron chi connectivity index (χ1n) is 23.9. The number of carboxylic acids is 1. The Morgan fingerprint density at radius 3 is 1.42 bits per heavy atom. The highest BCUT2D eigenvalue weighted by molar-refractivity contribution is 6.16. The van der Waals surface area contributed by atoms with Crippen molar-refractivity contribution >= 4 is 34.7 Å². The molecule has 13 heteroatoms. The molecule has 0 aromatic heterocycles. The fourth-order valence-corrected chi connectivity index (χ4v) is 8.14. The normalized spacial score (nSPS) is 18.0. The van der Waals surface area contributed by atoms with Gasteiger partial charge in [0, 0.05) is 19.8 Å². The van der Waals surface area contributed by atoms with E-state index in [1.807, 2.05) is 98.4 Å². The first-order valence-corrected chi connectivity index (χ1v) is 23.9. The first-order chi connectivity index (χ1) is 32.1. The maximum Gasteiger partial charge on any atom is 0.314 e. The summed E-state index contributed by atoms with van der Waals surface area (Å²) in [7, 11) is 0. The number of unbranched alkanes of at least 4 members (excludes halogenated alkanes) is 2. The fourth-order valence-electron chi connectivity index (χ4n) is 8.14. The highest BCUT2D eigenvalue weighted by atomic mass is 19.1. The minimum Gasteiger partial charge on any atom is -0.481 e. The second kappa shape index (κ2) is 26.7. The zero-order chi connectivity index (χ0) is 49.0. The van der Waals surface area contributed by atoms with Crippen LogP contribution in [0.5, 0.6) is 0 Å². The molecule has 0 radical (unpaired) electrons. The van der Waals surface area contributed by atoms with E-state index in [0.29, 0.717) is 23.5 Å². The van der Waals surface area contributed by atoms with Crippen LogP contribution in [0, 0.1) is 34.3 Å². The number of amides is 1. The molecule has 0 saturated heterocycles. The lowest BCUT2D eigenvalue weighted by molar-refractivity contribution is -0.139. The standard InChI is InChI=1S/C27H36FN3O2.C20H21FN2O2.C7H17NO/c1-4-5-12-23-24(26(33)29-18-9-17-27(2,3)19-32)25(20-13-15-21(28)16-14-20)30-31(23)22-10-7-6-8-11-22;1-2-3-9-17-18(20(24)25)19(14-10-12-15(21)13-11-14)22-23(17)16-7-5-4-6-8-16;1-7(2,6-9)4-3-5-8/h6-8,10-11,13-16,23-24,32H,4-5,9,12,17-19H2,1-3H3,(H,29,33);4-8,10-13,17-18H,2-3,9H2,1H3,(H,24,25);9H,3-6,8H2,1-2H3. The second-order valence-electron chi connectivity index (χ2n) is 19.0. The SMILES string of the molecule is CC(C)(CO)CCCN.CCCCC1C(C(=O)NCCCC(C)(C)CO)C(c2ccc(F)cc2)=NN1c1ccccc1.CCCCC1C(C(=O)O)C(c2ccc(F)cc2)=NN1c1ccccc1. The van der Waals surface area contributed by atoms with E-state index in [1.165, 1.54) is 24.3 Å². The predicted octanol–water partition coefficient (Wildman–Crippen LogP) is 10.2. The van der Waals surface area contributed by atoms with Crippen molar-refractivity contribution in [2.45, 2.75) is 118 Å². The lowest BCUT2D eigenvalue weighted by Crippen LogP contribution is -2.44. The average Bonchev–Trinajstić information content (AvgIpc) is 3.92. The summed E-state index contributed by atoms with van der Waals surface area (Å²) in [5.74, 6) is -2.81. The van der Waals surface area contributed by atoms with Crippen LogP contribution in [-0.2, 0) is 9.59 Å². The van der Waals surface area contributed by atoms with Gasteiger partial charge in [0.05, 0.1) is 34.9 Å². The van der Waals surface area contributed by atoms with E-state index in [9.17, 15) is 28.6 Å². The lowest BCUT2D eigenvalue weighted by atomic mass is 9.87. The van der Waals surface area contributed by atoms with Crippen LogP contribution in [0.15, 0.2) is 119 Å². The Morgan fingerprint density at radius 2 is 1.03 bits per heavy atom. The molecule has 0 spiro atoms. The van der Waals surface area contributed by atoms with Gasteiger partial charge >= 0.3 is 5.97 Å². The summed E-state index contributed by atoms with van der Waals surface area (Å²) < 4.78 is 26.8. The molecule has 0 aliphatic carbocycles. The molecule has 364 valence electrons. The Hall–Kier alpha value is -5.50. The molecule has 2 aliphatic heterocycles. The number of nitrogens with one attached hydrogen (secondary N) is 1. The molecular weight excluding hydrogens is 851 g/mol. The molecule has 0 saturated carbocycles. The third-order valence-electron chi connectivity index (χ3n) is 12.2. The largest absolute Gasteiger partial charge is 0.481 e. The first kappa shape index (κ1) is 54.1. The molecule has 4 unspecified atom stereocenters. The maximum atomic E-state index is 13.6. The van der Waals surface area contributed by atoms with Gasteiger partial charge in [0.15, 0.2) is 0 Å². The number of benzene rings is 4. The van der Waals surface area contributed by atoms with Gasteiger partial charge < -0.3 is 26.4 Å². The number of carbonyl (C=O) groups is 2. The van der Waals surface area contributed by atoms with Crippen LogP contribution in [0.4, 0.5) is 20.2 Å². The summed E-state index contributed by atoms with van der Waals surface area (Å²) in [5, 5.41) is 44.5. The third kappa shape index (κ3) is 16.1. The van der Waals surface area contributed by atoms with Crippen LogP contribution >= 0.6 is 0 Å². The molecule has 4 aromatic rings. The smallest absolute Gasteiger partial charge is 0.314 e. The Bertz CT molecular complexity index is 2150. The van der Waals surface area contributed by atoms with Crippen LogP contribution in [-0.4, -0.2) is 77.0 Å². The van der Waals surface area contributed by atoms with Gasteiger partial charge in [0.2, 0.25) is 5.91 Å². The summed E-state index contributed by atoms with van der Waals surface area (Å²) in [6.07, 6.45) is 9.10. The molecule has 11 nitrogen and oxygen atoms in total. The molecule has 2 aliphatic rings. The highest BCUT2D eigenvalue weighted by Gasteiger charge is 2.44. The van der Waals surface area contributed by atoms with Crippen molar-refractivity contribution in [3.63, 3.8) is 0 Å². The van der Waals surface area contributed by atoms with Crippen LogP contribution in [0.3, 0.4) is 0 Å². The molecule has 6 N–H and O–H groups in total. The molecular formula is C54H74F2N6O5. The zero-order valence-electron chi connectivity index (χ0n) is 40.4. The molecule has 0 bridgehead atoms. The summed E-state index contributed by atoms with van der Waals surface area (Å²) in [6, 6.07) is 31.2. The van der Waals surface area contributed by atoms with E-state index >= 15 is 0 Å². The Labute approximate surface area is 397 Å². The maximum absolute atomic E-state index is 13.6. The number of hydrazone groups is 2. The predicted molar refractivity (Wildman–Crippen MR) is 267 cm³/mol. The van der Waals surface area contributed by atoms with E-state index in [2.05, 4.69) is 24.3 Å². The second-order valence-corrected chi connectivity index (χ2v) is 19.0. The van der Waals surface area contributed by atoms with E-state index in [-0.39, 0.29) is 53.7 Å². The number of hydrogen-bond donors (Lipinski definition) is 5. The number of para-hydroxylation sites is 2. The van der Waals surface area contributed by atoms with Crippen molar-refractivity contribution in [2.75, 3.05) is 36.3 Å². The average molecular weight is 925 g/mol. The Kier molecular flexibility index (Phi) is 21.6. The van der Waals surface area contributed by atoms with Crippen LogP contribution in [0.2, 0.25) is 0 Å². The summed E-state index contributed by atoms with van der Waals surface area (Å²) >= 11 is 0. The zero-order valence-corrected chi connectivity index (χ0v) is 40.4. The van der Waals surface area contributed by atoms with Gasteiger partial charge in [0.25, 0.3) is 0 Å². The highest BCUT2D eigenvalue weighted by Crippen LogP contribution is 2.36. The van der Waals surface area contributed by atoms with Crippen molar-refractivity contribution in [3.8, 4) is 0 Å². The molecule has 2 heterocycles. The summed E-state index contributed by atoms with van der Waals surface area (Å²) in [6.45, 7) is 14.0. The number of nitrogens with zero attached hydrogens (tertiary/aromatic N) is 4. The number of halogens is 2. The van der Waals surface area contributed by atoms with Gasteiger partial charge in [-0.3, -0.25) is 19.6 Å². The molecule has 0 fully saturated rings. The number of nitrogens with two attached hydrogens (primary N) is 1. The van der Waals surface area contributed by atoms with E-state index in [4.69, 9.17) is 15.9 Å². The third-order valence-corrected chi connectivity index (χ3v) is 12.2. The van der Waals surface area contributed by atoms with Crippen molar-refractivity contribution in [2.24, 2.45) is 38.6 Å². The topological polar surface area (TPSA) is 164 Å². The monoisotopic (exact) mass is 925 g/mol. The lowest BCUT2D eigenvalue weighted by Gasteiger charge is -2.28. The Balaban J connectivity index is 0.000000253. The van der Waals surface area contributed by atoms with E-state index in [0.717, 1.165) is 87.7 Å². The number of aliphatic hydroxyl groups excluding tert-OH is 2. The number of carboxylic acid groups (broad SMARTS) is 1. The number of rotatable bonds is 21. The quantitative estimate of drug-likeness (QED) is 0.0516. The molecule has 4 aromatic carbocycles. The number of aliphatic hydroxyl groups is 2. The van der Waals surface area contributed by atoms with Gasteiger partial charge in [-0.05, 0) is 116 Å². The number of hydrogen-bond acceptors (Lipinski definition) is 9. The minimum atomic E-state index is -0.900. The molecule has 67 heavy (non-hydrogen) atoms. The number of carbonyl (C=O) groups excluding carboxylic acids is 1.